The first-order valence-corrected chi connectivity index (χ1v) is 7.88. The lowest BCUT2D eigenvalue weighted by Crippen LogP contribution is -1.91. The monoisotopic (exact) mass is 307 g/mol. The summed E-state index contributed by atoms with van der Waals surface area (Å²) in [5.41, 5.74) is 3.61. The predicted octanol–water partition coefficient (Wildman–Crippen LogP) is 4.66. The van der Waals surface area contributed by atoms with E-state index in [2.05, 4.69) is 21.4 Å². The van der Waals surface area contributed by atoms with E-state index in [0.717, 1.165) is 35.2 Å². The van der Waals surface area contributed by atoms with Crippen LogP contribution >= 0.6 is 0 Å². The topological polar surface area (TPSA) is 65.0 Å². The molecule has 1 aliphatic rings. The molecule has 0 N–H and O–H groups in total. The molecule has 1 aromatic carbocycles. The van der Waals surface area contributed by atoms with E-state index in [1.54, 1.807) is 0 Å². The Bertz CT molecular complexity index is 846. The highest BCUT2D eigenvalue weighted by Crippen LogP contribution is 2.35. The molecule has 0 spiro atoms. The van der Waals surface area contributed by atoms with E-state index < -0.39 is 0 Å². The number of hydrogen-bond acceptors (Lipinski definition) is 5. The fourth-order valence-corrected chi connectivity index (χ4v) is 2.90. The molecule has 0 bridgehead atoms. The van der Waals surface area contributed by atoms with Crippen LogP contribution in [0.15, 0.2) is 45.3 Å². The molecule has 3 aromatic rings. The molecule has 23 heavy (non-hydrogen) atoms. The highest BCUT2D eigenvalue weighted by Gasteiger charge is 2.23. The average molecular weight is 307 g/mol. The lowest BCUT2D eigenvalue weighted by Gasteiger charge is -2.07. The Hall–Kier alpha value is -2.69. The van der Waals surface area contributed by atoms with Crippen LogP contribution in [-0.2, 0) is 0 Å². The summed E-state index contributed by atoms with van der Waals surface area (Å²) in [6.07, 6.45) is 6.67. The van der Waals surface area contributed by atoms with Gasteiger partial charge < -0.3 is 8.94 Å². The highest BCUT2D eigenvalue weighted by molar-refractivity contribution is 5.78. The van der Waals surface area contributed by atoms with Gasteiger partial charge in [0.05, 0.1) is 0 Å². The van der Waals surface area contributed by atoms with Crippen molar-refractivity contribution in [3.63, 3.8) is 0 Å². The molecule has 2 aromatic heterocycles. The number of allylic oxidation sites excluding steroid dienone is 2. The van der Waals surface area contributed by atoms with Gasteiger partial charge in [0.15, 0.2) is 0 Å². The Morgan fingerprint density at radius 2 is 1.83 bits per heavy atom. The van der Waals surface area contributed by atoms with Gasteiger partial charge >= 0.3 is 0 Å². The second-order valence-electron chi connectivity index (χ2n) is 5.72. The molecule has 0 fully saturated rings. The van der Waals surface area contributed by atoms with Crippen molar-refractivity contribution in [3.8, 4) is 22.7 Å². The van der Waals surface area contributed by atoms with Crippen molar-refractivity contribution in [2.75, 3.05) is 0 Å². The van der Waals surface area contributed by atoms with Gasteiger partial charge in [-0.2, -0.15) is 0 Å². The third kappa shape index (κ3) is 2.59. The number of rotatable bonds is 3. The number of nitrogens with zero attached hydrogens (tertiary/aromatic N) is 3. The molecule has 0 aliphatic heterocycles. The van der Waals surface area contributed by atoms with Crippen LogP contribution in [-0.4, -0.2) is 15.4 Å². The van der Waals surface area contributed by atoms with Crippen molar-refractivity contribution in [3.05, 3.63) is 48.1 Å². The largest absolute Gasteiger partial charge is 0.416 e. The zero-order chi connectivity index (χ0) is 15.6. The fourth-order valence-electron chi connectivity index (χ4n) is 2.90. The summed E-state index contributed by atoms with van der Waals surface area (Å²) in [7, 11) is 0. The molecular weight excluding hydrogens is 290 g/mol. The molecule has 5 nitrogen and oxygen atoms in total. The maximum Gasteiger partial charge on any atom is 0.253 e. The van der Waals surface area contributed by atoms with Crippen LogP contribution in [0.4, 0.5) is 0 Å². The van der Waals surface area contributed by atoms with Gasteiger partial charge in [0.25, 0.3) is 5.89 Å². The molecule has 0 saturated carbocycles. The lowest BCUT2D eigenvalue weighted by atomic mass is 10.00. The Labute approximate surface area is 134 Å². The molecule has 0 amide bonds. The van der Waals surface area contributed by atoms with E-state index in [1.165, 1.54) is 12.8 Å². The third-order valence-corrected chi connectivity index (χ3v) is 4.11. The molecule has 1 aliphatic carbocycles. The van der Waals surface area contributed by atoms with Gasteiger partial charge in [0.1, 0.15) is 17.0 Å². The molecular formula is C18H17N3O2. The van der Waals surface area contributed by atoms with E-state index in [0.29, 0.717) is 17.5 Å². The van der Waals surface area contributed by atoms with Gasteiger partial charge in [-0.3, -0.25) is 0 Å². The normalized spacial score (nSPS) is 14.7. The van der Waals surface area contributed by atoms with E-state index >= 15 is 0 Å². The second-order valence-corrected chi connectivity index (χ2v) is 5.72. The average Bonchev–Trinajstić information content (AvgIpc) is 3.23. The van der Waals surface area contributed by atoms with Crippen LogP contribution in [0.25, 0.3) is 28.3 Å². The first-order chi connectivity index (χ1) is 11.3. The van der Waals surface area contributed by atoms with E-state index in [-0.39, 0.29) is 0 Å². The standard InChI is InChI=1S/C18H17N3O2/c1-12-15(16(21-23-12)13-8-4-2-5-9-13)18-20-19-17(22-18)14-10-6-3-7-11-14/h2,4-5,8-10H,3,6-7,11H2,1H3. The van der Waals surface area contributed by atoms with E-state index in [1.807, 2.05) is 37.3 Å². The van der Waals surface area contributed by atoms with Crippen molar-refractivity contribution >= 4 is 5.57 Å². The first-order valence-electron chi connectivity index (χ1n) is 7.88. The smallest absolute Gasteiger partial charge is 0.253 e. The van der Waals surface area contributed by atoms with Gasteiger partial charge in [0, 0.05) is 11.1 Å². The summed E-state index contributed by atoms with van der Waals surface area (Å²) in [6.45, 7) is 1.86. The summed E-state index contributed by atoms with van der Waals surface area (Å²) < 4.78 is 11.3. The summed E-state index contributed by atoms with van der Waals surface area (Å²) >= 11 is 0. The summed E-state index contributed by atoms with van der Waals surface area (Å²) in [6, 6.07) is 9.88. The molecule has 0 unspecified atom stereocenters. The SMILES string of the molecule is Cc1onc(-c2ccccc2)c1-c1nnc(C2=CCCCC2)o1. The van der Waals surface area contributed by atoms with Crippen molar-refractivity contribution in [1.29, 1.82) is 0 Å². The minimum absolute atomic E-state index is 0.462. The highest BCUT2D eigenvalue weighted by atomic mass is 16.5. The Morgan fingerprint density at radius 1 is 1.00 bits per heavy atom. The zero-order valence-corrected chi connectivity index (χ0v) is 13.0. The second kappa shape index (κ2) is 5.83. The minimum Gasteiger partial charge on any atom is -0.416 e. The summed E-state index contributed by atoms with van der Waals surface area (Å²) in [5.74, 6) is 1.75. The van der Waals surface area contributed by atoms with Gasteiger partial charge in [-0.15, -0.1) is 10.2 Å². The van der Waals surface area contributed by atoms with Gasteiger partial charge in [-0.1, -0.05) is 41.6 Å². The van der Waals surface area contributed by atoms with Crippen molar-refractivity contribution in [1.82, 2.24) is 15.4 Å². The molecule has 5 heteroatoms. The quantitative estimate of drug-likeness (QED) is 0.704. The van der Waals surface area contributed by atoms with Crippen LogP contribution < -0.4 is 0 Å². The molecule has 4 rings (SSSR count). The van der Waals surface area contributed by atoms with Crippen LogP contribution in [0.2, 0.25) is 0 Å². The van der Waals surface area contributed by atoms with Crippen molar-refractivity contribution < 1.29 is 8.94 Å². The van der Waals surface area contributed by atoms with Crippen LogP contribution in [0.1, 0.15) is 37.3 Å². The minimum atomic E-state index is 0.462. The summed E-state index contributed by atoms with van der Waals surface area (Å²) in [5, 5.41) is 12.6. The number of benzene rings is 1. The molecule has 0 atom stereocenters. The molecule has 0 saturated heterocycles. The van der Waals surface area contributed by atoms with Gasteiger partial charge in [-0.25, -0.2) is 0 Å². The van der Waals surface area contributed by atoms with Crippen LogP contribution in [0.5, 0.6) is 0 Å². The third-order valence-electron chi connectivity index (χ3n) is 4.11. The van der Waals surface area contributed by atoms with Gasteiger partial charge in [-0.05, 0) is 32.6 Å². The summed E-state index contributed by atoms with van der Waals surface area (Å²) in [4.78, 5) is 0. The van der Waals surface area contributed by atoms with Crippen molar-refractivity contribution in [2.45, 2.75) is 32.6 Å². The number of hydrogen-bond donors (Lipinski definition) is 0. The molecule has 116 valence electrons. The Morgan fingerprint density at radius 3 is 2.61 bits per heavy atom. The first kappa shape index (κ1) is 13.9. The Kier molecular flexibility index (Phi) is 3.54. The predicted molar refractivity (Wildman–Crippen MR) is 86.4 cm³/mol. The molecule has 0 radical (unpaired) electrons. The van der Waals surface area contributed by atoms with E-state index in [9.17, 15) is 0 Å². The number of aryl methyl sites for hydroxylation is 1. The number of aromatic nitrogens is 3. The zero-order valence-electron chi connectivity index (χ0n) is 13.0. The van der Waals surface area contributed by atoms with Crippen LogP contribution in [0, 0.1) is 6.92 Å². The Balaban J connectivity index is 1.76. The van der Waals surface area contributed by atoms with Gasteiger partial charge in [0.2, 0.25) is 5.89 Å². The maximum atomic E-state index is 5.92. The van der Waals surface area contributed by atoms with Crippen LogP contribution in [0.3, 0.4) is 0 Å². The van der Waals surface area contributed by atoms with E-state index in [4.69, 9.17) is 8.94 Å². The van der Waals surface area contributed by atoms with Crippen molar-refractivity contribution in [2.24, 2.45) is 0 Å². The maximum absolute atomic E-state index is 5.92. The molecule has 2 heterocycles. The fraction of sp³-hybridized carbons (Fsp3) is 0.278. The lowest BCUT2D eigenvalue weighted by molar-refractivity contribution is 0.399.